The number of nitrogen functional groups attached to an aromatic ring is 1. The Bertz CT molecular complexity index is 880. The molecule has 9 heteroatoms. The van der Waals surface area contributed by atoms with Crippen LogP contribution in [0.15, 0.2) is 10.9 Å². The standard InChI is InChI=1S/C17H22N6O2S/c1-9-14(26-16(18)19-9)15(25)20-11-6-10(7-11)12-8-13(24)22-17(21-12)23-4-2-3-5-23/h8,10-11H,2-7H2,1H3,(H2,18,19)(H,20,25)(H,21,22,24). The maximum atomic E-state index is 12.3. The second-order valence-corrected chi connectivity index (χ2v) is 8.02. The Labute approximate surface area is 154 Å². The van der Waals surface area contributed by atoms with Crippen molar-refractivity contribution in [3.63, 3.8) is 0 Å². The molecule has 0 radical (unpaired) electrons. The topological polar surface area (TPSA) is 117 Å². The third-order valence-corrected chi connectivity index (χ3v) is 6.05. The molecule has 2 fully saturated rings. The number of hydrogen-bond acceptors (Lipinski definition) is 7. The molecule has 4 rings (SSSR count). The number of hydrogen-bond donors (Lipinski definition) is 3. The van der Waals surface area contributed by atoms with Gasteiger partial charge in [-0.05, 0) is 32.6 Å². The Morgan fingerprint density at radius 1 is 1.35 bits per heavy atom. The number of carbonyl (C=O) groups excluding carboxylic acids is 1. The van der Waals surface area contributed by atoms with E-state index < -0.39 is 0 Å². The molecule has 0 unspecified atom stereocenters. The third kappa shape index (κ3) is 3.31. The summed E-state index contributed by atoms with van der Waals surface area (Å²) < 4.78 is 0. The van der Waals surface area contributed by atoms with Crippen molar-refractivity contribution < 1.29 is 4.79 Å². The number of rotatable bonds is 4. The predicted molar refractivity (Wildman–Crippen MR) is 101 cm³/mol. The molecule has 1 aliphatic heterocycles. The van der Waals surface area contributed by atoms with Gasteiger partial charge in [0, 0.05) is 31.1 Å². The van der Waals surface area contributed by atoms with Crippen LogP contribution < -0.4 is 21.5 Å². The van der Waals surface area contributed by atoms with Gasteiger partial charge in [-0.25, -0.2) is 9.97 Å². The van der Waals surface area contributed by atoms with E-state index in [1.807, 2.05) is 0 Å². The van der Waals surface area contributed by atoms with E-state index in [0.717, 1.165) is 44.5 Å². The summed E-state index contributed by atoms with van der Waals surface area (Å²) in [4.78, 5) is 38.6. The number of nitrogens with zero attached hydrogens (tertiary/aromatic N) is 3. The Morgan fingerprint density at radius 2 is 2.08 bits per heavy atom. The van der Waals surface area contributed by atoms with Crippen LogP contribution in [0.1, 0.15) is 52.7 Å². The molecule has 0 bridgehead atoms. The fourth-order valence-corrected chi connectivity index (χ4v) is 4.34. The molecule has 0 aromatic carbocycles. The number of aryl methyl sites for hydroxylation is 1. The number of aromatic nitrogens is 3. The van der Waals surface area contributed by atoms with Crippen LogP contribution in [-0.4, -0.2) is 40.0 Å². The molecule has 8 nitrogen and oxygen atoms in total. The van der Waals surface area contributed by atoms with Crippen LogP contribution in [0.2, 0.25) is 0 Å². The Morgan fingerprint density at radius 3 is 2.73 bits per heavy atom. The largest absolute Gasteiger partial charge is 0.375 e. The Hall–Kier alpha value is -2.42. The molecule has 1 saturated carbocycles. The first-order valence-electron chi connectivity index (χ1n) is 8.89. The summed E-state index contributed by atoms with van der Waals surface area (Å²) in [5, 5.41) is 3.43. The van der Waals surface area contributed by atoms with Gasteiger partial charge in [0.25, 0.3) is 11.5 Å². The number of H-pyrrole nitrogens is 1. The summed E-state index contributed by atoms with van der Waals surface area (Å²) in [5.74, 6) is 0.751. The van der Waals surface area contributed by atoms with Crippen LogP contribution in [0.4, 0.5) is 11.1 Å². The third-order valence-electron chi connectivity index (χ3n) is 5.07. The molecular weight excluding hydrogens is 352 g/mol. The predicted octanol–water partition coefficient (Wildman–Crippen LogP) is 1.39. The normalized spacial score (nSPS) is 22.3. The van der Waals surface area contributed by atoms with E-state index >= 15 is 0 Å². The Balaban J connectivity index is 1.39. The van der Waals surface area contributed by atoms with Gasteiger partial charge in [0.1, 0.15) is 4.88 Å². The summed E-state index contributed by atoms with van der Waals surface area (Å²) in [6.07, 6.45) is 3.84. The van der Waals surface area contributed by atoms with E-state index in [4.69, 9.17) is 5.73 Å². The number of anilines is 2. The van der Waals surface area contributed by atoms with Crippen molar-refractivity contribution in [3.05, 3.63) is 32.7 Å². The van der Waals surface area contributed by atoms with Crippen LogP contribution in [0, 0.1) is 6.92 Å². The maximum Gasteiger partial charge on any atom is 0.263 e. The summed E-state index contributed by atoms with van der Waals surface area (Å²) >= 11 is 1.21. The monoisotopic (exact) mass is 374 g/mol. The first-order valence-corrected chi connectivity index (χ1v) is 9.71. The molecule has 2 aromatic rings. The molecule has 1 saturated heterocycles. The Kier molecular flexibility index (Phi) is 4.39. The highest BCUT2D eigenvalue weighted by atomic mass is 32.1. The fourth-order valence-electron chi connectivity index (χ4n) is 3.61. The van der Waals surface area contributed by atoms with Crippen molar-refractivity contribution >= 4 is 28.3 Å². The average Bonchev–Trinajstić information content (AvgIpc) is 3.19. The van der Waals surface area contributed by atoms with Crippen molar-refractivity contribution in [2.24, 2.45) is 0 Å². The fraction of sp³-hybridized carbons (Fsp3) is 0.529. The molecule has 1 aliphatic carbocycles. The molecule has 0 atom stereocenters. The average molecular weight is 374 g/mol. The van der Waals surface area contributed by atoms with Crippen LogP contribution in [0.3, 0.4) is 0 Å². The first kappa shape index (κ1) is 17.0. The van der Waals surface area contributed by atoms with E-state index in [2.05, 4.69) is 25.2 Å². The zero-order chi connectivity index (χ0) is 18.3. The molecular formula is C17H22N6O2S. The molecule has 0 spiro atoms. The number of aromatic amines is 1. The first-order chi connectivity index (χ1) is 12.5. The van der Waals surface area contributed by atoms with Crippen LogP contribution >= 0.6 is 11.3 Å². The minimum Gasteiger partial charge on any atom is -0.375 e. The van der Waals surface area contributed by atoms with Crippen LogP contribution in [-0.2, 0) is 0 Å². The van der Waals surface area contributed by atoms with Gasteiger partial charge in [-0.15, -0.1) is 0 Å². The van der Waals surface area contributed by atoms with Gasteiger partial charge in [0.2, 0.25) is 5.95 Å². The van der Waals surface area contributed by atoms with Crippen molar-refractivity contribution in [2.75, 3.05) is 23.7 Å². The molecule has 2 aromatic heterocycles. The van der Waals surface area contributed by atoms with Gasteiger partial charge >= 0.3 is 0 Å². The minimum atomic E-state index is -0.128. The molecule has 1 amide bonds. The SMILES string of the molecule is Cc1nc(N)sc1C(=O)NC1CC(c2cc(=O)[nH]c(N3CCCC3)n2)C1. The van der Waals surface area contributed by atoms with E-state index in [1.165, 1.54) is 11.3 Å². The van der Waals surface area contributed by atoms with Gasteiger partial charge in [-0.2, -0.15) is 0 Å². The van der Waals surface area contributed by atoms with Crippen LogP contribution in [0.25, 0.3) is 0 Å². The van der Waals surface area contributed by atoms with Crippen molar-refractivity contribution in [2.45, 2.75) is 44.6 Å². The molecule has 138 valence electrons. The van der Waals surface area contributed by atoms with Crippen molar-refractivity contribution in [1.82, 2.24) is 20.3 Å². The second kappa shape index (κ2) is 6.71. The van der Waals surface area contributed by atoms with E-state index in [1.54, 1.807) is 13.0 Å². The lowest BCUT2D eigenvalue weighted by atomic mass is 9.78. The zero-order valence-corrected chi connectivity index (χ0v) is 15.4. The highest BCUT2D eigenvalue weighted by Crippen LogP contribution is 2.36. The van der Waals surface area contributed by atoms with Crippen LogP contribution in [0.5, 0.6) is 0 Å². The van der Waals surface area contributed by atoms with E-state index in [9.17, 15) is 9.59 Å². The quantitative estimate of drug-likeness (QED) is 0.745. The molecule has 3 heterocycles. The molecule has 26 heavy (non-hydrogen) atoms. The van der Waals surface area contributed by atoms with Crippen molar-refractivity contribution in [3.8, 4) is 0 Å². The van der Waals surface area contributed by atoms with Gasteiger partial charge in [0.05, 0.1) is 11.4 Å². The lowest BCUT2D eigenvalue weighted by Crippen LogP contribution is -2.43. The highest BCUT2D eigenvalue weighted by Gasteiger charge is 2.34. The summed E-state index contributed by atoms with van der Waals surface area (Å²) in [6.45, 7) is 3.66. The van der Waals surface area contributed by atoms with E-state index in [0.29, 0.717) is 21.7 Å². The summed E-state index contributed by atoms with van der Waals surface area (Å²) in [7, 11) is 0. The summed E-state index contributed by atoms with van der Waals surface area (Å²) in [6, 6.07) is 1.67. The van der Waals surface area contributed by atoms with Gasteiger partial charge in [0.15, 0.2) is 5.13 Å². The zero-order valence-electron chi connectivity index (χ0n) is 14.6. The number of nitrogens with two attached hydrogens (primary N) is 1. The number of nitrogens with one attached hydrogen (secondary N) is 2. The lowest BCUT2D eigenvalue weighted by molar-refractivity contribution is 0.0911. The maximum absolute atomic E-state index is 12.3. The number of carbonyl (C=O) groups is 1. The van der Waals surface area contributed by atoms with Gasteiger partial charge in [-0.1, -0.05) is 11.3 Å². The van der Waals surface area contributed by atoms with Gasteiger partial charge < -0.3 is 16.0 Å². The number of thiazole rings is 1. The minimum absolute atomic E-state index is 0.0894. The van der Waals surface area contributed by atoms with Crippen molar-refractivity contribution in [1.29, 1.82) is 0 Å². The highest BCUT2D eigenvalue weighted by molar-refractivity contribution is 7.17. The van der Waals surface area contributed by atoms with E-state index in [-0.39, 0.29) is 23.4 Å². The smallest absolute Gasteiger partial charge is 0.263 e. The second-order valence-electron chi connectivity index (χ2n) is 6.99. The summed E-state index contributed by atoms with van der Waals surface area (Å²) in [5.41, 5.74) is 7.02. The molecule has 2 aliphatic rings. The lowest BCUT2D eigenvalue weighted by Gasteiger charge is -2.35. The number of amides is 1. The molecule has 4 N–H and O–H groups in total. The van der Waals surface area contributed by atoms with Gasteiger partial charge in [-0.3, -0.25) is 14.6 Å².